The van der Waals surface area contributed by atoms with E-state index < -0.39 is 0 Å². The lowest BCUT2D eigenvalue weighted by Crippen LogP contribution is -2.41. The van der Waals surface area contributed by atoms with Gasteiger partial charge in [0.1, 0.15) is 0 Å². The predicted molar refractivity (Wildman–Crippen MR) is 85.7 cm³/mol. The van der Waals surface area contributed by atoms with Crippen molar-refractivity contribution in [1.82, 2.24) is 0 Å². The molecule has 0 aromatic heterocycles. The summed E-state index contributed by atoms with van der Waals surface area (Å²) < 4.78 is 12.1. The monoisotopic (exact) mass is 272 g/mol. The van der Waals surface area contributed by atoms with Crippen molar-refractivity contribution in [3.8, 4) is 0 Å². The first kappa shape index (κ1) is 15.3. The molecule has 0 bridgehead atoms. The number of aryl methyl sites for hydroxylation is 1. The highest BCUT2D eigenvalue weighted by molar-refractivity contribution is 6.48. The van der Waals surface area contributed by atoms with E-state index in [0.29, 0.717) is 0 Å². The van der Waals surface area contributed by atoms with Gasteiger partial charge < -0.3 is 9.31 Å². The van der Waals surface area contributed by atoms with Crippen molar-refractivity contribution in [3.63, 3.8) is 0 Å². The Kier molecular flexibility index (Phi) is 4.13. The van der Waals surface area contributed by atoms with Gasteiger partial charge in [-0.1, -0.05) is 43.3 Å². The van der Waals surface area contributed by atoms with Crippen LogP contribution in [-0.4, -0.2) is 18.3 Å². The van der Waals surface area contributed by atoms with E-state index in [-0.39, 0.29) is 24.1 Å². The third kappa shape index (κ3) is 2.99. The zero-order valence-electron chi connectivity index (χ0n) is 13.4. The minimum Gasteiger partial charge on any atom is -0.403 e. The topological polar surface area (TPSA) is 18.5 Å². The number of hydrogen-bond donors (Lipinski definition) is 0. The van der Waals surface area contributed by atoms with Crippen LogP contribution in [0, 0.1) is 6.92 Å². The molecule has 0 aliphatic carbocycles. The van der Waals surface area contributed by atoms with Crippen LogP contribution >= 0.6 is 0 Å². The Hall–Kier alpha value is -1.06. The Bertz CT molecular complexity index is 489. The van der Waals surface area contributed by atoms with Crippen LogP contribution in [0.1, 0.15) is 45.7 Å². The third-order valence-corrected chi connectivity index (χ3v) is 4.47. The minimum atomic E-state index is -0.261. The molecule has 0 N–H and O–H groups in total. The van der Waals surface area contributed by atoms with Crippen LogP contribution in [-0.2, 0) is 9.31 Å². The van der Waals surface area contributed by atoms with Crippen LogP contribution in [0.4, 0.5) is 0 Å². The first-order valence-corrected chi connectivity index (χ1v) is 7.32. The van der Waals surface area contributed by atoms with Gasteiger partial charge in [0.05, 0.1) is 11.2 Å². The summed E-state index contributed by atoms with van der Waals surface area (Å²) in [6, 6.07) is 8.37. The molecule has 20 heavy (non-hydrogen) atoms. The molecule has 0 saturated carbocycles. The fourth-order valence-corrected chi connectivity index (χ4v) is 2.22. The van der Waals surface area contributed by atoms with Crippen molar-refractivity contribution >= 4 is 13.2 Å². The Morgan fingerprint density at radius 1 is 1.05 bits per heavy atom. The van der Waals surface area contributed by atoms with Crippen LogP contribution in [0.2, 0.25) is 5.82 Å². The molecule has 1 aliphatic rings. The Labute approximate surface area is 123 Å². The van der Waals surface area contributed by atoms with Crippen LogP contribution in [0.25, 0.3) is 6.08 Å². The predicted octanol–water partition coefficient (Wildman–Crippen LogP) is 4.49. The van der Waals surface area contributed by atoms with Gasteiger partial charge in [-0.05, 0) is 45.7 Å². The van der Waals surface area contributed by atoms with Crippen molar-refractivity contribution in [1.29, 1.82) is 0 Å². The second-order valence-electron chi connectivity index (χ2n) is 6.70. The maximum Gasteiger partial charge on any atom is 0.464 e. The maximum atomic E-state index is 6.07. The van der Waals surface area contributed by atoms with Crippen molar-refractivity contribution in [2.75, 3.05) is 0 Å². The van der Waals surface area contributed by atoms with E-state index in [1.54, 1.807) is 0 Å². The molecule has 0 spiro atoms. The Morgan fingerprint density at radius 2 is 1.60 bits per heavy atom. The smallest absolute Gasteiger partial charge is 0.403 e. The molecule has 1 aromatic rings. The molecule has 0 radical (unpaired) electrons. The summed E-state index contributed by atoms with van der Waals surface area (Å²) in [7, 11) is -0.180. The van der Waals surface area contributed by atoms with Gasteiger partial charge >= 0.3 is 7.12 Å². The lowest BCUT2D eigenvalue weighted by Gasteiger charge is -2.32. The molecule has 1 heterocycles. The quantitative estimate of drug-likeness (QED) is 0.755. The number of rotatable bonds is 3. The van der Waals surface area contributed by atoms with Crippen molar-refractivity contribution in [2.24, 2.45) is 0 Å². The van der Waals surface area contributed by atoms with E-state index >= 15 is 0 Å². The summed E-state index contributed by atoms with van der Waals surface area (Å²) >= 11 is 0. The van der Waals surface area contributed by atoms with Gasteiger partial charge in [0.25, 0.3) is 0 Å². The van der Waals surface area contributed by atoms with Crippen LogP contribution < -0.4 is 0 Å². The standard InChI is InChI=1S/C17H25BO2/c1-13-9-7-8-10-15(13)12-11-14(2)18-19-16(3,4)17(5,6)20-18/h7-12,14H,1-6H3/b12-11-. The van der Waals surface area contributed by atoms with E-state index in [4.69, 9.17) is 9.31 Å². The van der Waals surface area contributed by atoms with Gasteiger partial charge in [-0.3, -0.25) is 0 Å². The fourth-order valence-electron chi connectivity index (χ4n) is 2.22. The van der Waals surface area contributed by atoms with Gasteiger partial charge in [-0.15, -0.1) is 0 Å². The van der Waals surface area contributed by atoms with Crippen LogP contribution in [0.5, 0.6) is 0 Å². The van der Waals surface area contributed by atoms with E-state index in [9.17, 15) is 0 Å². The Morgan fingerprint density at radius 3 is 2.15 bits per heavy atom. The fraction of sp³-hybridized carbons (Fsp3) is 0.529. The molecule has 1 aromatic carbocycles. The molecule has 3 heteroatoms. The second-order valence-corrected chi connectivity index (χ2v) is 6.70. The molecule has 1 unspecified atom stereocenters. The summed E-state index contributed by atoms with van der Waals surface area (Å²) in [5, 5.41) is 0. The highest BCUT2D eigenvalue weighted by atomic mass is 16.7. The largest absolute Gasteiger partial charge is 0.464 e. The average Bonchev–Trinajstić information content (AvgIpc) is 2.57. The van der Waals surface area contributed by atoms with Crippen LogP contribution in [0.15, 0.2) is 30.3 Å². The highest BCUT2D eigenvalue weighted by Crippen LogP contribution is 2.40. The first-order valence-electron chi connectivity index (χ1n) is 7.32. The zero-order valence-corrected chi connectivity index (χ0v) is 13.4. The van der Waals surface area contributed by atoms with Gasteiger partial charge in [-0.2, -0.15) is 0 Å². The minimum absolute atomic E-state index is 0.180. The molecule has 2 rings (SSSR count). The highest BCUT2D eigenvalue weighted by Gasteiger charge is 2.52. The van der Waals surface area contributed by atoms with Gasteiger partial charge in [0.15, 0.2) is 0 Å². The zero-order chi connectivity index (χ0) is 15.0. The summed E-state index contributed by atoms with van der Waals surface area (Å²) in [4.78, 5) is 0. The van der Waals surface area contributed by atoms with Crippen molar-refractivity contribution in [2.45, 2.75) is 58.6 Å². The van der Waals surface area contributed by atoms with E-state index in [1.165, 1.54) is 11.1 Å². The molecule has 1 atom stereocenters. The molecule has 108 valence electrons. The Balaban J connectivity index is 2.07. The number of benzene rings is 1. The summed E-state index contributed by atoms with van der Waals surface area (Å²) in [6.07, 6.45) is 4.33. The average molecular weight is 272 g/mol. The van der Waals surface area contributed by atoms with Crippen LogP contribution in [0.3, 0.4) is 0 Å². The summed E-state index contributed by atoms with van der Waals surface area (Å²) in [6.45, 7) is 12.6. The van der Waals surface area contributed by atoms with E-state index in [2.05, 4.69) is 78.0 Å². The molecular weight excluding hydrogens is 247 g/mol. The normalized spacial score (nSPS) is 22.4. The molecule has 2 nitrogen and oxygen atoms in total. The van der Waals surface area contributed by atoms with Gasteiger partial charge in [-0.25, -0.2) is 0 Å². The third-order valence-electron chi connectivity index (χ3n) is 4.47. The summed E-state index contributed by atoms with van der Waals surface area (Å²) in [5.74, 6) is 0.218. The lowest BCUT2D eigenvalue weighted by atomic mass is 9.73. The second kappa shape index (κ2) is 5.38. The molecule has 0 amide bonds. The SMILES string of the molecule is Cc1ccccc1/C=C\C(C)B1OC(C)(C)C(C)(C)O1. The van der Waals surface area contributed by atoms with Crippen molar-refractivity contribution in [3.05, 3.63) is 41.5 Å². The number of allylic oxidation sites excluding steroid dienone is 1. The maximum absolute atomic E-state index is 6.07. The molecule has 1 saturated heterocycles. The van der Waals surface area contributed by atoms with E-state index in [1.807, 2.05) is 0 Å². The summed E-state index contributed by atoms with van der Waals surface area (Å²) in [5.41, 5.74) is 2.01. The van der Waals surface area contributed by atoms with Gasteiger partial charge in [0.2, 0.25) is 0 Å². The molecule has 1 fully saturated rings. The van der Waals surface area contributed by atoms with E-state index in [0.717, 1.165) is 0 Å². The van der Waals surface area contributed by atoms with Gasteiger partial charge in [0, 0.05) is 5.82 Å². The molecule has 1 aliphatic heterocycles. The lowest BCUT2D eigenvalue weighted by molar-refractivity contribution is 0.00578. The van der Waals surface area contributed by atoms with Crippen molar-refractivity contribution < 1.29 is 9.31 Å². The molecular formula is C17H25BO2. The number of hydrogen-bond acceptors (Lipinski definition) is 2. The first-order chi connectivity index (χ1) is 9.23.